The highest BCUT2D eigenvalue weighted by atomic mass is 16.7. The van der Waals surface area contributed by atoms with Crippen LogP contribution in [0.2, 0.25) is 0 Å². The lowest BCUT2D eigenvalue weighted by Crippen LogP contribution is -2.58. The largest absolute Gasteiger partial charge is 0.392 e. The lowest BCUT2D eigenvalue weighted by atomic mass is 9.73. The van der Waals surface area contributed by atoms with Crippen LogP contribution in [0.5, 0.6) is 0 Å². The first-order valence-corrected chi connectivity index (χ1v) is 7.08. The minimum atomic E-state index is -1.40. The number of ketones is 1. The Morgan fingerprint density at radius 1 is 1.50 bits per heavy atom. The average Bonchev–Trinajstić information content (AvgIpc) is 3.06. The summed E-state index contributed by atoms with van der Waals surface area (Å²) in [6.07, 6.45) is 1.05. The molecule has 5 atom stereocenters. The van der Waals surface area contributed by atoms with Gasteiger partial charge in [-0.25, -0.2) is 0 Å². The monoisotopic (exact) mass is 282 g/mol. The molecule has 2 N–H and O–H groups in total. The van der Waals surface area contributed by atoms with Gasteiger partial charge in [0, 0.05) is 25.0 Å². The zero-order valence-corrected chi connectivity index (χ0v) is 12.3. The van der Waals surface area contributed by atoms with E-state index < -0.39 is 29.0 Å². The molecule has 1 heterocycles. The number of carbonyl (C=O) groups excluding carboxylic acids is 1. The summed E-state index contributed by atoms with van der Waals surface area (Å²) in [4.78, 5) is 12.8. The van der Waals surface area contributed by atoms with Crippen LogP contribution in [0.25, 0.3) is 0 Å². The number of hydrogen-bond acceptors (Lipinski definition) is 5. The fourth-order valence-electron chi connectivity index (χ4n) is 4.34. The molecule has 2 saturated carbocycles. The molecule has 112 valence electrons. The first-order valence-electron chi connectivity index (χ1n) is 7.08. The number of rotatable bonds is 2. The quantitative estimate of drug-likeness (QED) is 0.732. The second kappa shape index (κ2) is 3.91. The first kappa shape index (κ1) is 14.2. The molecule has 20 heavy (non-hydrogen) atoms. The van der Waals surface area contributed by atoms with Crippen molar-refractivity contribution >= 4 is 5.78 Å². The van der Waals surface area contributed by atoms with Crippen LogP contribution in [0.3, 0.4) is 0 Å². The van der Waals surface area contributed by atoms with E-state index in [0.717, 1.165) is 6.42 Å². The van der Waals surface area contributed by atoms with Crippen molar-refractivity contribution in [3.8, 4) is 0 Å². The molecule has 0 aromatic carbocycles. The molecule has 1 aliphatic heterocycles. The van der Waals surface area contributed by atoms with Gasteiger partial charge in [-0.3, -0.25) is 4.79 Å². The van der Waals surface area contributed by atoms with Gasteiger partial charge in [0.2, 0.25) is 11.6 Å². The van der Waals surface area contributed by atoms with E-state index in [1.807, 2.05) is 13.8 Å². The smallest absolute Gasteiger partial charge is 0.242 e. The summed E-state index contributed by atoms with van der Waals surface area (Å²) in [7, 11) is 1.45. The van der Waals surface area contributed by atoms with Crippen LogP contribution in [0.1, 0.15) is 33.6 Å². The Balaban J connectivity index is 2.09. The van der Waals surface area contributed by atoms with E-state index in [4.69, 9.17) is 9.47 Å². The summed E-state index contributed by atoms with van der Waals surface area (Å²) in [5.74, 6) is -1.53. The van der Waals surface area contributed by atoms with Gasteiger partial charge >= 0.3 is 0 Å². The summed E-state index contributed by atoms with van der Waals surface area (Å²) in [5, 5.41) is 20.1. The molecular formula is C15H22O5. The van der Waals surface area contributed by atoms with Crippen molar-refractivity contribution in [1.29, 1.82) is 0 Å². The van der Waals surface area contributed by atoms with Gasteiger partial charge in [0.1, 0.15) is 0 Å². The Bertz CT molecular complexity index is 494. The molecule has 1 saturated heterocycles. The molecule has 3 fully saturated rings. The van der Waals surface area contributed by atoms with Crippen molar-refractivity contribution in [2.75, 3.05) is 7.11 Å². The van der Waals surface area contributed by atoms with Crippen LogP contribution in [0.4, 0.5) is 0 Å². The van der Waals surface area contributed by atoms with Gasteiger partial charge < -0.3 is 19.7 Å². The maximum atomic E-state index is 12.8. The van der Waals surface area contributed by atoms with E-state index in [1.54, 1.807) is 6.92 Å². The summed E-state index contributed by atoms with van der Waals surface area (Å²) >= 11 is 0. The van der Waals surface area contributed by atoms with Crippen molar-refractivity contribution in [2.24, 2.45) is 11.3 Å². The highest BCUT2D eigenvalue weighted by Crippen LogP contribution is 2.76. The molecular weight excluding hydrogens is 260 g/mol. The van der Waals surface area contributed by atoms with Crippen molar-refractivity contribution in [1.82, 2.24) is 0 Å². The van der Waals surface area contributed by atoms with Crippen LogP contribution in [0.15, 0.2) is 11.6 Å². The Kier molecular flexibility index (Phi) is 2.78. The second-order valence-electron chi connectivity index (χ2n) is 6.80. The third-order valence-corrected chi connectivity index (χ3v) is 5.19. The highest BCUT2D eigenvalue weighted by molar-refractivity contribution is 6.03. The van der Waals surface area contributed by atoms with E-state index in [2.05, 4.69) is 0 Å². The Morgan fingerprint density at radius 3 is 2.65 bits per heavy atom. The molecule has 3 rings (SSSR count). The van der Waals surface area contributed by atoms with E-state index in [-0.39, 0.29) is 18.1 Å². The van der Waals surface area contributed by atoms with Gasteiger partial charge in [0.05, 0.1) is 23.2 Å². The fourth-order valence-corrected chi connectivity index (χ4v) is 4.34. The lowest BCUT2D eigenvalue weighted by molar-refractivity contribution is -0.267. The predicted octanol–water partition coefficient (Wildman–Crippen LogP) is 0.785. The number of carbonyl (C=O) groups is 1. The molecule has 0 amide bonds. The van der Waals surface area contributed by atoms with Crippen molar-refractivity contribution in [2.45, 2.75) is 57.2 Å². The number of hydrogen-bond donors (Lipinski definition) is 2. The van der Waals surface area contributed by atoms with Crippen LogP contribution in [0, 0.1) is 11.3 Å². The molecule has 0 bridgehead atoms. The van der Waals surface area contributed by atoms with E-state index in [0.29, 0.717) is 5.57 Å². The molecule has 1 spiro atoms. The molecule has 0 aromatic heterocycles. The molecule has 5 heteroatoms. The number of Topliss-reactive ketones (excluding diaryl/α,β-unsaturated/α-hetero) is 1. The van der Waals surface area contributed by atoms with Crippen molar-refractivity contribution in [3.05, 3.63) is 11.6 Å². The zero-order chi connectivity index (χ0) is 14.9. The zero-order valence-electron chi connectivity index (χ0n) is 12.3. The number of methoxy groups -OCH3 is 1. The van der Waals surface area contributed by atoms with Gasteiger partial charge in [0.25, 0.3) is 0 Å². The van der Waals surface area contributed by atoms with Crippen LogP contribution in [-0.4, -0.2) is 46.7 Å². The van der Waals surface area contributed by atoms with Gasteiger partial charge in [0.15, 0.2) is 0 Å². The maximum absolute atomic E-state index is 12.8. The standard InChI is InChI=1S/C15H22O5/c1-8(16)5-9-6-11(17)14-7-10(14)13(2,3)20-15(14,19-4)12(9)18/h5,8,10-11,16-17H,6-7H2,1-4H3/b9-5+/t8-,10?,11+,14-,15-/m1/s1. The molecule has 0 aromatic rings. The van der Waals surface area contributed by atoms with Crippen LogP contribution in [-0.2, 0) is 14.3 Å². The third kappa shape index (κ3) is 1.44. The summed E-state index contributed by atoms with van der Waals surface area (Å²) in [6.45, 7) is 5.45. The Labute approximate surface area is 118 Å². The number of ether oxygens (including phenoxy) is 2. The topological polar surface area (TPSA) is 76.0 Å². The molecule has 0 radical (unpaired) electrons. The van der Waals surface area contributed by atoms with Gasteiger partial charge in [-0.05, 0) is 33.3 Å². The lowest BCUT2D eigenvalue weighted by Gasteiger charge is -2.43. The average molecular weight is 282 g/mol. The van der Waals surface area contributed by atoms with E-state index in [1.165, 1.54) is 13.2 Å². The van der Waals surface area contributed by atoms with Gasteiger partial charge in [-0.1, -0.05) is 0 Å². The SMILES string of the molecule is CO[C@]12OC(C)(C)C3C[C@]31[C@@H](O)C/C(=C\[C@@H](C)O)C2=O. The molecule has 5 nitrogen and oxygen atoms in total. The summed E-state index contributed by atoms with van der Waals surface area (Å²) in [5.41, 5.74) is -0.728. The van der Waals surface area contributed by atoms with Crippen molar-refractivity contribution in [3.63, 3.8) is 0 Å². The minimum absolute atomic E-state index is 0.127. The molecule has 3 aliphatic rings. The summed E-state index contributed by atoms with van der Waals surface area (Å²) in [6, 6.07) is 0. The molecule has 1 unspecified atom stereocenters. The minimum Gasteiger partial charge on any atom is -0.392 e. The van der Waals surface area contributed by atoms with E-state index >= 15 is 0 Å². The molecule has 2 aliphatic carbocycles. The normalized spacial score (nSPS) is 48.9. The fraction of sp³-hybridized carbons (Fsp3) is 0.800. The maximum Gasteiger partial charge on any atom is 0.242 e. The third-order valence-electron chi connectivity index (χ3n) is 5.19. The van der Waals surface area contributed by atoms with E-state index in [9.17, 15) is 15.0 Å². The van der Waals surface area contributed by atoms with Gasteiger partial charge in [-0.15, -0.1) is 0 Å². The van der Waals surface area contributed by atoms with Crippen LogP contribution < -0.4 is 0 Å². The van der Waals surface area contributed by atoms with Crippen LogP contribution >= 0.6 is 0 Å². The predicted molar refractivity (Wildman–Crippen MR) is 70.8 cm³/mol. The van der Waals surface area contributed by atoms with Crippen molar-refractivity contribution < 1.29 is 24.5 Å². The number of aliphatic hydroxyl groups is 2. The summed E-state index contributed by atoms with van der Waals surface area (Å²) < 4.78 is 11.5. The van der Waals surface area contributed by atoms with Gasteiger partial charge in [-0.2, -0.15) is 0 Å². The second-order valence-corrected chi connectivity index (χ2v) is 6.80. The highest BCUT2D eigenvalue weighted by Gasteiger charge is 2.85. The first-order chi connectivity index (χ1) is 9.21. The Morgan fingerprint density at radius 2 is 2.15 bits per heavy atom. The number of aliphatic hydroxyl groups excluding tert-OH is 2. The Hall–Kier alpha value is -0.750.